The lowest BCUT2D eigenvalue weighted by Crippen LogP contribution is -2.28. The van der Waals surface area contributed by atoms with E-state index in [1.54, 1.807) is 24.5 Å². The first-order chi connectivity index (χ1) is 10.0. The first-order valence-corrected chi connectivity index (χ1v) is 6.19. The Morgan fingerprint density at radius 3 is 2.67 bits per heavy atom. The molecule has 0 aliphatic rings. The van der Waals surface area contributed by atoms with Crippen LogP contribution in [0.3, 0.4) is 0 Å². The second-order valence-corrected chi connectivity index (χ2v) is 4.42. The van der Waals surface area contributed by atoms with Gasteiger partial charge in [0.1, 0.15) is 5.69 Å². The third kappa shape index (κ3) is 4.27. The Labute approximate surface area is 121 Å². The Balaban J connectivity index is 1.87. The Morgan fingerprint density at radius 2 is 2.05 bits per heavy atom. The number of pyridine rings is 2. The van der Waals surface area contributed by atoms with Gasteiger partial charge in [-0.25, -0.2) is 14.6 Å². The minimum absolute atomic E-state index is 0.0333. The van der Waals surface area contributed by atoms with Gasteiger partial charge in [0.05, 0.1) is 11.9 Å². The topological polar surface area (TPSA) is 104 Å². The summed E-state index contributed by atoms with van der Waals surface area (Å²) in [7, 11) is 0. The summed E-state index contributed by atoms with van der Waals surface area (Å²) in [5.74, 6) is -1.08. The number of nitrogens with zero attached hydrogens (tertiary/aromatic N) is 2. The number of amides is 2. The zero-order valence-corrected chi connectivity index (χ0v) is 11.3. The van der Waals surface area contributed by atoms with Gasteiger partial charge in [-0.2, -0.15) is 0 Å². The van der Waals surface area contributed by atoms with Crippen molar-refractivity contribution < 1.29 is 14.7 Å². The van der Waals surface area contributed by atoms with Gasteiger partial charge >= 0.3 is 12.0 Å². The number of carbonyl (C=O) groups excluding carboxylic acids is 1. The zero-order valence-electron chi connectivity index (χ0n) is 11.3. The molecule has 0 aliphatic carbocycles. The normalized spacial score (nSPS) is 9.95. The quantitative estimate of drug-likeness (QED) is 0.795. The van der Waals surface area contributed by atoms with Crippen molar-refractivity contribution in [2.45, 2.75) is 13.5 Å². The zero-order chi connectivity index (χ0) is 15.2. The molecule has 0 aromatic carbocycles. The van der Waals surface area contributed by atoms with E-state index < -0.39 is 5.97 Å². The summed E-state index contributed by atoms with van der Waals surface area (Å²) in [6, 6.07) is 4.42. The minimum Gasteiger partial charge on any atom is -0.477 e. The highest BCUT2D eigenvalue weighted by Crippen LogP contribution is 2.07. The molecule has 2 aromatic rings. The van der Waals surface area contributed by atoms with Crippen molar-refractivity contribution in [2.24, 2.45) is 0 Å². The molecule has 2 heterocycles. The van der Waals surface area contributed by atoms with E-state index in [9.17, 15) is 9.59 Å². The summed E-state index contributed by atoms with van der Waals surface area (Å²) in [6.07, 6.45) is 4.66. The van der Waals surface area contributed by atoms with Crippen LogP contribution in [0.2, 0.25) is 0 Å². The highest BCUT2D eigenvalue weighted by Gasteiger charge is 2.05. The number of carboxylic acid groups (broad SMARTS) is 1. The molecule has 0 saturated carbocycles. The molecule has 0 aliphatic heterocycles. The smallest absolute Gasteiger partial charge is 0.354 e. The monoisotopic (exact) mass is 286 g/mol. The molecule has 2 amide bonds. The van der Waals surface area contributed by atoms with Gasteiger partial charge in [0.15, 0.2) is 0 Å². The molecule has 7 heteroatoms. The van der Waals surface area contributed by atoms with Gasteiger partial charge in [0, 0.05) is 18.9 Å². The third-order valence-electron chi connectivity index (χ3n) is 2.63. The predicted molar refractivity (Wildman–Crippen MR) is 76.0 cm³/mol. The molecule has 2 aromatic heterocycles. The molecule has 0 atom stereocenters. The Hall–Kier alpha value is -2.96. The van der Waals surface area contributed by atoms with Crippen LogP contribution in [-0.2, 0) is 6.54 Å². The Kier molecular flexibility index (Phi) is 4.45. The molecule has 3 N–H and O–H groups in total. The number of rotatable bonds is 4. The minimum atomic E-state index is -1.08. The van der Waals surface area contributed by atoms with E-state index in [1.165, 1.54) is 12.3 Å². The number of carboxylic acids is 1. The summed E-state index contributed by atoms with van der Waals surface area (Å²) < 4.78 is 0. The van der Waals surface area contributed by atoms with Gasteiger partial charge in [-0.3, -0.25) is 4.98 Å². The maximum atomic E-state index is 11.7. The largest absolute Gasteiger partial charge is 0.477 e. The third-order valence-corrected chi connectivity index (χ3v) is 2.63. The number of aromatic nitrogens is 2. The lowest BCUT2D eigenvalue weighted by Gasteiger charge is -2.07. The van der Waals surface area contributed by atoms with Crippen molar-refractivity contribution >= 4 is 17.7 Å². The first kappa shape index (κ1) is 14.4. The van der Waals surface area contributed by atoms with E-state index in [4.69, 9.17) is 5.11 Å². The number of aromatic carboxylic acids is 1. The molecule has 2 rings (SSSR count). The fraction of sp³-hybridized carbons (Fsp3) is 0.143. The van der Waals surface area contributed by atoms with Crippen molar-refractivity contribution in [1.82, 2.24) is 15.3 Å². The lowest BCUT2D eigenvalue weighted by atomic mass is 10.2. The van der Waals surface area contributed by atoms with Crippen LogP contribution < -0.4 is 10.6 Å². The number of anilines is 1. The molecular formula is C14H14N4O3. The highest BCUT2D eigenvalue weighted by molar-refractivity contribution is 5.89. The van der Waals surface area contributed by atoms with Crippen molar-refractivity contribution in [3.63, 3.8) is 0 Å². The van der Waals surface area contributed by atoms with E-state index in [2.05, 4.69) is 20.6 Å². The van der Waals surface area contributed by atoms with Gasteiger partial charge in [-0.15, -0.1) is 0 Å². The van der Waals surface area contributed by atoms with Crippen LogP contribution in [0.4, 0.5) is 10.5 Å². The van der Waals surface area contributed by atoms with E-state index >= 15 is 0 Å². The van der Waals surface area contributed by atoms with E-state index in [1.807, 2.05) is 6.92 Å². The molecule has 108 valence electrons. The number of urea groups is 1. The molecule has 7 nitrogen and oxygen atoms in total. The summed E-state index contributed by atoms with van der Waals surface area (Å²) >= 11 is 0. The fourth-order valence-electron chi connectivity index (χ4n) is 1.64. The van der Waals surface area contributed by atoms with E-state index in [0.29, 0.717) is 11.3 Å². The standard InChI is InChI=1S/C14H14N4O3/c1-9-4-11(8-15-5-9)18-14(21)17-7-10-2-3-12(13(19)20)16-6-10/h2-6,8H,7H2,1H3,(H,19,20)(H2,17,18,21). The Morgan fingerprint density at radius 1 is 1.24 bits per heavy atom. The molecule has 0 fully saturated rings. The van der Waals surface area contributed by atoms with Crippen LogP contribution in [0, 0.1) is 6.92 Å². The van der Waals surface area contributed by atoms with Crippen LogP contribution in [0.1, 0.15) is 21.6 Å². The van der Waals surface area contributed by atoms with E-state index in [-0.39, 0.29) is 18.3 Å². The second-order valence-electron chi connectivity index (χ2n) is 4.42. The Bertz CT molecular complexity index is 656. The summed E-state index contributed by atoms with van der Waals surface area (Å²) in [5, 5.41) is 14.0. The van der Waals surface area contributed by atoms with Crippen molar-refractivity contribution in [3.8, 4) is 0 Å². The van der Waals surface area contributed by atoms with Crippen molar-refractivity contribution in [2.75, 3.05) is 5.32 Å². The lowest BCUT2D eigenvalue weighted by molar-refractivity contribution is 0.0690. The molecule has 0 spiro atoms. The van der Waals surface area contributed by atoms with Crippen molar-refractivity contribution in [3.05, 3.63) is 53.6 Å². The van der Waals surface area contributed by atoms with Gasteiger partial charge in [-0.05, 0) is 30.2 Å². The number of aryl methyl sites for hydroxylation is 1. The molecule has 0 saturated heterocycles. The summed E-state index contributed by atoms with van der Waals surface area (Å²) in [6.45, 7) is 2.13. The predicted octanol–water partition coefficient (Wildman–Crippen LogP) is 1.80. The van der Waals surface area contributed by atoms with Crippen LogP contribution >= 0.6 is 0 Å². The van der Waals surface area contributed by atoms with Crippen molar-refractivity contribution in [1.29, 1.82) is 0 Å². The molecule has 0 unspecified atom stereocenters. The van der Waals surface area contributed by atoms with Crippen LogP contribution in [-0.4, -0.2) is 27.1 Å². The number of hydrogen-bond donors (Lipinski definition) is 3. The highest BCUT2D eigenvalue weighted by atomic mass is 16.4. The summed E-state index contributed by atoms with van der Waals surface area (Å²) in [4.78, 5) is 30.1. The SMILES string of the molecule is Cc1cncc(NC(=O)NCc2ccc(C(=O)O)nc2)c1. The van der Waals surface area contributed by atoms with Gasteiger partial charge < -0.3 is 15.7 Å². The number of carbonyl (C=O) groups is 2. The number of hydrogen-bond acceptors (Lipinski definition) is 4. The van der Waals surface area contributed by atoms with Crippen LogP contribution in [0.5, 0.6) is 0 Å². The average Bonchev–Trinajstić information content (AvgIpc) is 2.45. The van der Waals surface area contributed by atoms with Crippen LogP contribution in [0.25, 0.3) is 0 Å². The second kappa shape index (κ2) is 6.47. The maximum absolute atomic E-state index is 11.7. The number of nitrogens with one attached hydrogen (secondary N) is 2. The van der Waals surface area contributed by atoms with Gasteiger partial charge in [0.2, 0.25) is 0 Å². The molecule has 0 bridgehead atoms. The van der Waals surface area contributed by atoms with Crippen LogP contribution in [0.15, 0.2) is 36.8 Å². The fourth-order valence-corrected chi connectivity index (χ4v) is 1.64. The summed E-state index contributed by atoms with van der Waals surface area (Å²) in [5.41, 5.74) is 2.22. The maximum Gasteiger partial charge on any atom is 0.354 e. The van der Waals surface area contributed by atoms with E-state index in [0.717, 1.165) is 5.56 Å². The molecule has 21 heavy (non-hydrogen) atoms. The first-order valence-electron chi connectivity index (χ1n) is 6.19. The molecular weight excluding hydrogens is 272 g/mol. The van der Waals surface area contributed by atoms with Gasteiger partial charge in [-0.1, -0.05) is 6.07 Å². The average molecular weight is 286 g/mol. The molecule has 0 radical (unpaired) electrons. The van der Waals surface area contributed by atoms with Gasteiger partial charge in [0.25, 0.3) is 0 Å².